The molecule has 0 radical (unpaired) electrons. The van der Waals surface area contributed by atoms with Gasteiger partial charge in [-0.05, 0) is 51.7 Å². The summed E-state index contributed by atoms with van der Waals surface area (Å²) in [4.78, 5) is 0. The number of hydrogen-bond donors (Lipinski definition) is 1. The summed E-state index contributed by atoms with van der Waals surface area (Å²) in [5.41, 5.74) is 2.12. The van der Waals surface area contributed by atoms with Gasteiger partial charge in [-0.15, -0.1) is 10.2 Å². The summed E-state index contributed by atoms with van der Waals surface area (Å²) in [7, 11) is 0. The molecule has 0 amide bonds. The van der Waals surface area contributed by atoms with Crippen molar-refractivity contribution in [3.63, 3.8) is 0 Å². The maximum atomic E-state index is 15.5. The molecule has 1 aliphatic heterocycles. The molecule has 2 heterocycles. The van der Waals surface area contributed by atoms with E-state index < -0.39 is 17.7 Å². The van der Waals surface area contributed by atoms with E-state index in [9.17, 15) is 13.2 Å². The minimum absolute atomic E-state index is 0.0544. The van der Waals surface area contributed by atoms with Gasteiger partial charge in [0, 0.05) is 24.2 Å². The van der Waals surface area contributed by atoms with Crippen LogP contribution in [0.5, 0.6) is 0 Å². The molecule has 1 aromatic heterocycles. The van der Waals surface area contributed by atoms with Gasteiger partial charge in [-0.3, -0.25) is 0 Å². The van der Waals surface area contributed by atoms with Crippen LogP contribution in [0.15, 0.2) is 72.8 Å². The number of halogens is 4. The average Bonchev–Trinajstić information content (AvgIpc) is 3.02. The van der Waals surface area contributed by atoms with Gasteiger partial charge in [-0.1, -0.05) is 48.5 Å². The van der Waals surface area contributed by atoms with Crippen molar-refractivity contribution >= 4 is 16.3 Å². The normalized spacial score (nSPS) is 14.1. The van der Waals surface area contributed by atoms with E-state index in [-0.39, 0.29) is 17.8 Å². The lowest BCUT2D eigenvalue weighted by molar-refractivity contribution is -0.141. The van der Waals surface area contributed by atoms with Crippen molar-refractivity contribution in [2.45, 2.75) is 12.7 Å². The molecule has 1 aliphatic rings. The van der Waals surface area contributed by atoms with Crippen LogP contribution in [-0.4, -0.2) is 16.7 Å². The summed E-state index contributed by atoms with van der Waals surface area (Å²) in [5, 5.41) is 12.2. The predicted octanol–water partition coefficient (Wildman–Crippen LogP) is 5.99. The first kappa shape index (κ1) is 20.3. The number of aromatic nitrogens is 2. The highest BCUT2D eigenvalue weighted by Crippen LogP contribution is 2.35. The quantitative estimate of drug-likeness (QED) is 0.393. The van der Waals surface area contributed by atoms with E-state index in [1.165, 1.54) is 0 Å². The summed E-state index contributed by atoms with van der Waals surface area (Å²) in [6, 6.07) is 19.4. The van der Waals surface area contributed by atoms with Gasteiger partial charge < -0.3 is 5.32 Å². The molecule has 0 saturated carbocycles. The van der Waals surface area contributed by atoms with Gasteiger partial charge in [0.15, 0.2) is 5.69 Å². The summed E-state index contributed by atoms with van der Waals surface area (Å²) in [6.07, 6.45) is -2.58. The molecule has 160 valence electrons. The van der Waals surface area contributed by atoms with Gasteiger partial charge in [0.25, 0.3) is 0 Å². The van der Waals surface area contributed by atoms with Crippen molar-refractivity contribution in [2.75, 3.05) is 6.54 Å². The second kappa shape index (κ2) is 7.84. The Kier molecular flexibility index (Phi) is 4.98. The van der Waals surface area contributed by atoms with Crippen LogP contribution in [0.4, 0.5) is 17.6 Å². The van der Waals surface area contributed by atoms with Crippen LogP contribution < -0.4 is 5.32 Å². The van der Waals surface area contributed by atoms with Crippen molar-refractivity contribution in [1.29, 1.82) is 0 Å². The second-order valence-corrected chi connectivity index (χ2v) is 7.57. The first-order valence-corrected chi connectivity index (χ1v) is 10.0. The highest BCUT2D eigenvalue weighted by molar-refractivity contribution is 5.90. The largest absolute Gasteiger partial charge is 0.435 e. The van der Waals surface area contributed by atoms with Gasteiger partial charge in [0.05, 0.1) is 5.69 Å². The highest BCUT2D eigenvalue weighted by atomic mass is 19.4. The van der Waals surface area contributed by atoms with E-state index in [4.69, 9.17) is 0 Å². The molecule has 3 nitrogen and oxygen atoms in total. The fraction of sp³-hybridized carbons (Fsp3) is 0.120. The minimum atomic E-state index is -4.60. The first-order valence-electron chi connectivity index (χ1n) is 10.0. The van der Waals surface area contributed by atoms with Gasteiger partial charge >= 0.3 is 6.18 Å². The Morgan fingerprint density at radius 3 is 2.34 bits per heavy atom. The van der Waals surface area contributed by atoms with E-state index >= 15 is 4.39 Å². The van der Waals surface area contributed by atoms with Crippen molar-refractivity contribution in [1.82, 2.24) is 15.5 Å². The van der Waals surface area contributed by atoms with Crippen molar-refractivity contribution < 1.29 is 17.6 Å². The molecule has 3 aromatic carbocycles. The zero-order chi connectivity index (χ0) is 22.3. The molecule has 0 unspecified atom stereocenters. The van der Waals surface area contributed by atoms with Crippen LogP contribution >= 0.6 is 0 Å². The number of benzene rings is 3. The van der Waals surface area contributed by atoms with E-state index in [0.717, 1.165) is 39.6 Å². The van der Waals surface area contributed by atoms with Gasteiger partial charge in [-0.2, -0.15) is 13.2 Å². The smallest absolute Gasteiger partial charge is 0.309 e. The molecule has 0 bridgehead atoms. The molecule has 1 N–H and O–H groups in total. The summed E-state index contributed by atoms with van der Waals surface area (Å²) >= 11 is 0. The zero-order valence-electron chi connectivity index (χ0n) is 16.7. The average molecular weight is 435 g/mol. The molecular weight excluding hydrogens is 418 g/mol. The number of rotatable bonds is 2. The molecular formula is C25H17F4N3. The fourth-order valence-corrected chi connectivity index (χ4v) is 3.98. The highest BCUT2D eigenvalue weighted by Gasteiger charge is 2.33. The number of nitrogens with zero attached hydrogens (tertiary/aromatic N) is 2. The lowest BCUT2D eigenvalue weighted by Crippen LogP contribution is -2.13. The first-order chi connectivity index (χ1) is 15.4. The number of hydrogen-bond acceptors (Lipinski definition) is 3. The van der Waals surface area contributed by atoms with Gasteiger partial charge in [-0.25, -0.2) is 4.39 Å². The second-order valence-electron chi connectivity index (χ2n) is 7.57. The molecule has 0 atom stereocenters. The molecule has 0 aliphatic carbocycles. The van der Waals surface area contributed by atoms with E-state index in [1.54, 1.807) is 12.1 Å². The van der Waals surface area contributed by atoms with Crippen molar-refractivity contribution in [3.8, 4) is 11.3 Å². The number of fused-ring (bicyclic) bond motifs is 2. The third kappa shape index (κ3) is 3.65. The van der Waals surface area contributed by atoms with Crippen LogP contribution in [0.1, 0.15) is 22.4 Å². The van der Waals surface area contributed by atoms with E-state index in [0.29, 0.717) is 12.1 Å². The summed E-state index contributed by atoms with van der Waals surface area (Å²) < 4.78 is 53.9. The lowest BCUT2D eigenvalue weighted by Gasteiger charge is -2.15. The van der Waals surface area contributed by atoms with E-state index in [1.807, 2.05) is 42.5 Å². The van der Waals surface area contributed by atoms with Crippen LogP contribution in [0.2, 0.25) is 0 Å². The SMILES string of the molecule is Fc1c(-c2ccc(C(F)(F)F)nn2)ccc2c1CNCC=C2c1ccc2ccccc2c1. The standard InChI is InChI=1S/C25H17F4N3/c26-24-20(22-9-10-23(32-31-22)25(27,28)29)8-7-19-18(11-12-30-14-21(19)24)17-6-5-15-3-1-2-4-16(15)13-17/h1-11,13,30H,12,14H2. The van der Waals surface area contributed by atoms with Gasteiger partial charge in [0.2, 0.25) is 0 Å². The Morgan fingerprint density at radius 2 is 1.59 bits per heavy atom. The minimum Gasteiger partial charge on any atom is -0.309 e. The van der Waals surface area contributed by atoms with Crippen LogP contribution in [0, 0.1) is 5.82 Å². The van der Waals surface area contributed by atoms with E-state index in [2.05, 4.69) is 21.6 Å². The van der Waals surface area contributed by atoms with Crippen LogP contribution in [0.3, 0.4) is 0 Å². The Balaban J connectivity index is 1.58. The molecule has 4 aromatic rings. The molecule has 0 fully saturated rings. The Bertz CT molecular complexity index is 1340. The molecule has 0 spiro atoms. The monoisotopic (exact) mass is 435 g/mol. The Labute approximate surface area is 181 Å². The molecule has 5 rings (SSSR count). The predicted molar refractivity (Wildman–Crippen MR) is 115 cm³/mol. The molecule has 7 heteroatoms. The third-order valence-corrected chi connectivity index (χ3v) is 5.58. The maximum Gasteiger partial charge on any atom is 0.435 e. The third-order valence-electron chi connectivity index (χ3n) is 5.58. The lowest BCUT2D eigenvalue weighted by atomic mass is 9.91. The zero-order valence-corrected chi connectivity index (χ0v) is 16.7. The van der Waals surface area contributed by atoms with Crippen molar-refractivity contribution in [3.05, 3.63) is 101 Å². The molecule has 32 heavy (non-hydrogen) atoms. The Hall–Kier alpha value is -3.58. The fourth-order valence-electron chi connectivity index (χ4n) is 3.98. The Morgan fingerprint density at radius 1 is 0.812 bits per heavy atom. The van der Waals surface area contributed by atoms with Crippen LogP contribution in [-0.2, 0) is 12.7 Å². The molecule has 0 saturated heterocycles. The van der Waals surface area contributed by atoms with Crippen LogP contribution in [0.25, 0.3) is 27.6 Å². The number of alkyl halides is 3. The van der Waals surface area contributed by atoms with Gasteiger partial charge in [0.1, 0.15) is 5.82 Å². The van der Waals surface area contributed by atoms with Crippen molar-refractivity contribution in [2.24, 2.45) is 0 Å². The summed E-state index contributed by atoms with van der Waals surface area (Å²) in [5.74, 6) is -0.516. The number of nitrogens with one attached hydrogen (secondary N) is 1. The maximum absolute atomic E-state index is 15.5. The topological polar surface area (TPSA) is 37.8 Å². The summed E-state index contributed by atoms with van der Waals surface area (Å²) in [6.45, 7) is 0.850.